The summed E-state index contributed by atoms with van der Waals surface area (Å²) in [5, 5.41) is 10.7. The smallest absolute Gasteiger partial charge is 0.269 e. The van der Waals surface area contributed by atoms with Gasteiger partial charge in [-0.25, -0.2) is 0 Å². The molecule has 140 valence electrons. The van der Waals surface area contributed by atoms with Crippen molar-refractivity contribution < 1.29 is 14.5 Å². The number of anilines is 1. The maximum Gasteiger partial charge on any atom is 0.269 e. The Morgan fingerprint density at radius 3 is 2.26 bits per heavy atom. The summed E-state index contributed by atoms with van der Waals surface area (Å²) in [6.45, 7) is 6.60. The van der Waals surface area contributed by atoms with E-state index in [1.54, 1.807) is 42.5 Å². The maximum atomic E-state index is 12.7. The van der Waals surface area contributed by atoms with Crippen LogP contribution in [0.25, 0.3) is 0 Å². The maximum absolute atomic E-state index is 12.7. The molecule has 7 heteroatoms. The molecule has 1 aliphatic rings. The van der Waals surface area contributed by atoms with Gasteiger partial charge in [0, 0.05) is 49.6 Å². The van der Waals surface area contributed by atoms with Gasteiger partial charge in [0.05, 0.1) is 4.92 Å². The fourth-order valence-corrected chi connectivity index (χ4v) is 2.98. The Labute approximate surface area is 157 Å². The number of benzene rings is 2. The average Bonchev–Trinajstić information content (AvgIpc) is 2.72. The number of non-ortho nitro benzene ring substituents is 1. The molecule has 0 bridgehead atoms. The van der Waals surface area contributed by atoms with Crippen LogP contribution in [0.3, 0.4) is 0 Å². The number of amides is 1. The first-order chi connectivity index (χ1) is 13.1. The quantitative estimate of drug-likeness (QED) is 0.445. The van der Waals surface area contributed by atoms with Gasteiger partial charge in [0.2, 0.25) is 0 Å². The van der Waals surface area contributed by atoms with Crippen molar-refractivity contribution in [2.75, 3.05) is 37.7 Å². The van der Waals surface area contributed by atoms with E-state index in [2.05, 4.69) is 11.5 Å². The minimum absolute atomic E-state index is 0.00591. The van der Waals surface area contributed by atoms with Crippen LogP contribution in [0, 0.1) is 10.1 Å². The third-order valence-corrected chi connectivity index (χ3v) is 4.46. The van der Waals surface area contributed by atoms with E-state index >= 15 is 0 Å². The molecule has 0 saturated carbocycles. The molecule has 7 nitrogen and oxygen atoms in total. The number of piperazine rings is 1. The van der Waals surface area contributed by atoms with Crippen molar-refractivity contribution in [1.29, 1.82) is 0 Å². The minimum atomic E-state index is -0.409. The molecule has 3 rings (SSSR count). The van der Waals surface area contributed by atoms with Crippen molar-refractivity contribution >= 4 is 17.3 Å². The van der Waals surface area contributed by atoms with Crippen LogP contribution in [0.1, 0.15) is 10.4 Å². The molecule has 0 radical (unpaired) electrons. The van der Waals surface area contributed by atoms with Crippen LogP contribution in [0.4, 0.5) is 11.4 Å². The SMILES string of the molecule is C=CCOc1ccc(C(=O)N2CCN(c3ccc([N+](=O)[O-])cc3)CC2)cc1. The molecule has 0 aliphatic carbocycles. The van der Waals surface area contributed by atoms with Gasteiger partial charge in [-0.1, -0.05) is 12.7 Å². The van der Waals surface area contributed by atoms with Gasteiger partial charge in [-0.05, 0) is 36.4 Å². The molecule has 1 heterocycles. The van der Waals surface area contributed by atoms with Gasteiger partial charge in [0.25, 0.3) is 11.6 Å². The second-order valence-electron chi connectivity index (χ2n) is 6.18. The van der Waals surface area contributed by atoms with Crippen molar-refractivity contribution in [1.82, 2.24) is 4.90 Å². The van der Waals surface area contributed by atoms with Crippen LogP contribution >= 0.6 is 0 Å². The normalized spacial score (nSPS) is 13.9. The van der Waals surface area contributed by atoms with Crippen molar-refractivity contribution in [3.63, 3.8) is 0 Å². The molecule has 0 aromatic heterocycles. The Bertz CT molecular complexity index is 810. The molecule has 2 aromatic rings. The second-order valence-corrected chi connectivity index (χ2v) is 6.18. The summed E-state index contributed by atoms with van der Waals surface area (Å²) in [5.74, 6) is 0.697. The van der Waals surface area contributed by atoms with E-state index in [9.17, 15) is 14.9 Å². The molecule has 0 N–H and O–H groups in total. The van der Waals surface area contributed by atoms with Crippen molar-refractivity contribution in [2.24, 2.45) is 0 Å². The number of rotatable bonds is 6. The first kappa shape index (κ1) is 18.4. The van der Waals surface area contributed by atoms with Gasteiger partial charge >= 0.3 is 0 Å². The van der Waals surface area contributed by atoms with Crippen LogP contribution < -0.4 is 9.64 Å². The lowest BCUT2D eigenvalue weighted by molar-refractivity contribution is -0.384. The van der Waals surface area contributed by atoms with Gasteiger partial charge in [0.15, 0.2) is 0 Å². The highest BCUT2D eigenvalue weighted by atomic mass is 16.6. The van der Waals surface area contributed by atoms with Crippen LogP contribution in [-0.4, -0.2) is 48.5 Å². The molecule has 1 saturated heterocycles. The van der Waals surface area contributed by atoms with Crippen LogP contribution in [-0.2, 0) is 0 Å². The summed E-state index contributed by atoms with van der Waals surface area (Å²) >= 11 is 0. The lowest BCUT2D eigenvalue weighted by atomic mass is 10.1. The predicted molar refractivity (Wildman–Crippen MR) is 103 cm³/mol. The second kappa shape index (κ2) is 8.35. The summed E-state index contributed by atoms with van der Waals surface area (Å²) < 4.78 is 5.43. The first-order valence-electron chi connectivity index (χ1n) is 8.71. The minimum Gasteiger partial charge on any atom is -0.490 e. The highest BCUT2D eigenvalue weighted by Crippen LogP contribution is 2.21. The van der Waals surface area contributed by atoms with Crippen LogP contribution in [0.15, 0.2) is 61.2 Å². The number of carbonyl (C=O) groups excluding carboxylic acids is 1. The number of nitrogens with zero attached hydrogens (tertiary/aromatic N) is 3. The summed E-state index contributed by atoms with van der Waals surface area (Å²) in [6.07, 6.45) is 1.67. The fourth-order valence-electron chi connectivity index (χ4n) is 2.98. The number of nitro benzene ring substituents is 1. The summed E-state index contributed by atoms with van der Waals surface area (Å²) in [7, 11) is 0. The topological polar surface area (TPSA) is 75.9 Å². The molecular weight excluding hydrogens is 346 g/mol. The molecule has 0 atom stereocenters. The van der Waals surface area contributed by atoms with Gasteiger partial charge in [0.1, 0.15) is 12.4 Å². The molecule has 0 unspecified atom stereocenters. The van der Waals surface area contributed by atoms with Crippen molar-refractivity contribution in [3.05, 3.63) is 76.9 Å². The Morgan fingerprint density at radius 2 is 1.70 bits per heavy atom. The number of ether oxygens (including phenoxy) is 1. The highest BCUT2D eigenvalue weighted by Gasteiger charge is 2.22. The molecule has 2 aromatic carbocycles. The molecule has 27 heavy (non-hydrogen) atoms. The summed E-state index contributed by atoms with van der Waals surface area (Å²) in [6, 6.07) is 13.6. The highest BCUT2D eigenvalue weighted by molar-refractivity contribution is 5.94. The fraction of sp³-hybridized carbons (Fsp3) is 0.250. The van der Waals surface area contributed by atoms with E-state index in [0.29, 0.717) is 44.1 Å². The van der Waals surface area contributed by atoms with Crippen molar-refractivity contribution in [3.8, 4) is 5.75 Å². The monoisotopic (exact) mass is 367 g/mol. The van der Waals surface area contributed by atoms with Gasteiger partial charge < -0.3 is 14.5 Å². The molecule has 1 fully saturated rings. The van der Waals surface area contributed by atoms with E-state index in [4.69, 9.17) is 4.74 Å². The lowest BCUT2D eigenvalue weighted by Crippen LogP contribution is -2.48. The van der Waals surface area contributed by atoms with Gasteiger partial charge in [-0.15, -0.1) is 0 Å². The Balaban J connectivity index is 1.57. The zero-order valence-electron chi connectivity index (χ0n) is 14.9. The third kappa shape index (κ3) is 4.44. The zero-order chi connectivity index (χ0) is 19.2. The zero-order valence-corrected chi connectivity index (χ0v) is 14.9. The Morgan fingerprint density at radius 1 is 1.07 bits per heavy atom. The molecule has 1 amide bonds. The van der Waals surface area contributed by atoms with Crippen LogP contribution in [0.2, 0.25) is 0 Å². The van der Waals surface area contributed by atoms with Gasteiger partial charge in [-0.3, -0.25) is 14.9 Å². The van der Waals surface area contributed by atoms with E-state index in [1.807, 2.05) is 4.90 Å². The third-order valence-electron chi connectivity index (χ3n) is 4.46. The van der Waals surface area contributed by atoms with E-state index in [1.165, 1.54) is 12.1 Å². The Hall–Kier alpha value is -3.35. The van der Waals surface area contributed by atoms with Crippen molar-refractivity contribution in [2.45, 2.75) is 0 Å². The standard InChI is InChI=1S/C20H21N3O4/c1-2-15-27-19-9-3-16(4-10-19)20(24)22-13-11-21(12-14-22)17-5-7-18(8-6-17)23(25)26/h2-10H,1,11-15H2. The van der Waals surface area contributed by atoms with E-state index < -0.39 is 4.92 Å². The summed E-state index contributed by atoms with van der Waals surface area (Å²) in [5.41, 5.74) is 1.63. The van der Waals surface area contributed by atoms with Gasteiger partial charge in [-0.2, -0.15) is 0 Å². The molecule has 0 spiro atoms. The number of hydrogen-bond acceptors (Lipinski definition) is 5. The largest absolute Gasteiger partial charge is 0.490 e. The molecular formula is C20H21N3O4. The number of hydrogen-bond donors (Lipinski definition) is 0. The summed E-state index contributed by atoms with van der Waals surface area (Å²) in [4.78, 5) is 27.0. The predicted octanol–water partition coefficient (Wildman–Crippen LogP) is 3.12. The number of nitro groups is 1. The van der Waals surface area contributed by atoms with E-state index in [0.717, 1.165) is 5.69 Å². The Kier molecular flexibility index (Phi) is 5.71. The number of carbonyl (C=O) groups is 1. The molecule has 1 aliphatic heterocycles. The first-order valence-corrected chi connectivity index (χ1v) is 8.71. The lowest BCUT2D eigenvalue weighted by Gasteiger charge is -2.36. The average molecular weight is 367 g/mol. The van der Waals surface area contributed by atoms with E-state index in [-0.39, 0.29) is 11.6 Å². The van der Waals surface area contributed by atoms with Crippen LogP contribution in [0.5, 0.6) is 5.75 Å².